The van der Waals surface area contributed by atoms with Crippen LogP contribution in [0.15, 0.2) is 24.3 Å². The molecule has 0 atom stereocenters. The van der Waals surface area contributed by atoms with Crippen molar-refractivity contribution >= 4 is 17.7 Å². The van der Waals surface area contributed by atoms with E-state index in [-0.39, 0.29) is 18.4 Å². The van der Waals surface area contributed by atoms with Crippen LogP contribution in [0.4, 0.5) is 10.5 Å². The molecule has 2 rings (SSSR count). The quantitative estimate of drug-likeness (QED) is 0.827. The molecule has 1 aliphatic heterocycles. The molecule has 0 unspecified atom stereocenters. The normalized spacial score (nSPS) is 14.4. The Bertz CT molecular complexity index is 476. The summed E-state index contributed by atoms with van der Waals surface area (Å²) in [5.74, 6) is -0.131. The summed E-state index contributed by atoms with van der Waals surface area (Å²) in [6.07, 6.45) is -0.0972. The maximum absolute atomic E-state index is 11.8. The van der Waals surface area contributed by atoms with Crippen molar-refractivity contribution in [2.75, 3.05) is 25.0 Å². The molecule has 2 amide bonds. The summed E-state index contributed by atoms with van der Waals surface area (Å²) in [5.41, 5.74) is 7.21. The number of nitrogens with one attached hydrogen (secondary N) is 1. The predicted molar refractivity (Wildman–Crippen MR) is 70.5 cm³/mol. The zero-order chi connectivity index (χ0) is 13.7. The number of hydrogen-bond donors (Lipinski definition) is 2. The maximum Gasteiger partial charge on any atom is 0.409 e. The smallest absolute Gasteiger partial charge is 0.409 e. The van der Waals surface area contributed by atoms with Crippen molar-refractivity contribution in [1.82, 2.24) is 4.90 Å². The van der Waals surface area contributed by atoms with E-state index in [2.05, 4.69) is 5.32 Å². The zero-order valence-corrected chi connectivity index (χ0v) is 10.6. The average molecular weight is 263 g/mol. The van der Waals surface area contributed by atoms with E-state index in [4.69, 9.17) is 10.5 Å². The summed E-state index contributed by atoms with van der Waals surface area (Å²) in [6.45, 7) is 1.76. The fraction of sp³-hybridized carbons (Fsp3) is 0.385. The molecule has 0 bridgehead atoms. The van der Waals surface area contributed by atoms with Gasteiger partial charge in [-0.15, -0.1) is 0 Å². The molecular weight excluding hydrogens is 246 g/mol. The first-order chi connectivity index (χ1) is 9.19. The minimum absolute atomic E-state index is 0.131. The van der Waals surface area contributed by atoms with Gasteiger partial charge in [-0.2, -0.15) is 0 Å². The Balaban J connectivity index is 1.82. The second kappa shape index (κ2) is 6.19. The lowest BCUT2D eigenvalue weighted by Crippen LogP contribution is -2.28. The van der Waals surface area contributed by atoms with Crippen molar-refractivity contribution in [3.8, 4) is 0 Å². The largest absolute Gasteiger partial charge is 0.448 e. The van der Waals surface area contributed by atoms with Crippen molar-refractivity contribution in [2.45, 2.75) is 13.0 Å². The van der Waals surface area contributed by atoms with Gasteiger partial charge < -0.3 is 20.7 Å². The molecule has 1 aliphatic rings. The first-order valence-corrected chi connectivity index (χ1v) is 6.19. The molecule has 1 fully saturated rings. The highest BCUT2D eigenvalue weighted by molar-refractivity contribution is 5.91. The van der Waals surface area contributed by atoms with E-state index in [0.29, 0.717) is 26.2 Å². The molecule has 0 radical (unpaired) electrons. The van der Waals surface area contributed by atoms with Crippen molar-refractivity contribution in [2.24, 2.45) is 5.73 Å². The van der Waals surface area contributed by atoms with E-state index in [1.807, 2.05) is 18.2 Å². The summed E-state index contributed by atoms with van der Waals surface area (Å²) in [7, 11) is 0. The predicted octanol–water partition coefficient (Wildman–Crippen LogP) is 0.926. The lowest BCUT2D eigenvalue weighted by Gasteiger charge is -2.12. The first kappa shape index (κ1) is 13.4. The lowest BCUT2D eigenvalue weighted by atomic mass is 10.2. The van der Waals surface area contributed by atoms with Crippen molar-refractivity contribution in [1.29, 1.82) is 0 Å². The minimum atomic E-state index is -0.349. The summed E-state index contributed by atoms with van der Waals surface area (Å²) >= 11 is 0. The SMILES string of the molecule is NCc1cccc(NC(=O)CCN2CCOC2=O)c1. The van der Waals surface area contributed by atoms with E-state index in [1.165, 1.54) is 4.90 Å². The van der Waals surface area contributed by atoms with Crippen LogP contribution in [-0.4, -0.2) is 36.6 Å². The lowest BCUT2D eigenvalue weighted by molar-refractivity contribution is -0.116. The molecule has 0 aromatic heterocycles. The van der Waals surface area contributed by atoms with E-state index in [9.17, 15) is 9.59 Å². The van der Waals surface area contributed by atoms with Crippen LogP contribution in [0.5, 0.6) is 0 Å². The number of rotatable bonds is 5. The van der Waals surface area contributed by atoms with Crippen LogP contribution in [0.2, 0.25) is 0 Å². The molecule has 0 saturated carbocycles. The fourth-order valence-electron chi connectivity index (χ4n) is 1.86. The summed E-state index contributed by atoms with van der Waals surface area (Å²) in [4.78, 5) is 24.5. The van der Waals surface area contributed by atoms with Gasteiger partial charge in [-0.1, -0.05) is 12.1 Å². The van der Waals surface area contributed by atoms with Gasteiger partial charge in [-0.05, 0) is 17.7 Å². The van der Waals surface area contributed by atoms with Gasteiger partial charge in [0.15, 0.2) is 0 Å². The molecule has 1 aromatic rings. The Labute approximate surface area is 111 Å². The second-order valence-electron chi connectivity index (χ2n) is 4.30. The molecule has 19 heavy (non-hydrogen) atoms. The highest BCUT2D eigenvalue weighted by Gasteiger charge is 2.21. The van der Waals surface area contributed by atoms with E-state index < -0.39 is 0 Å². The van der Waals surface area contributed by atoms with Crippen molar-refractivity contribution in [3.63, 3.8) is 0 Å². The fourth-order valence-corrected chi connectivity index (χ4v) is 1.86. The number of carbonyl (C=O) groups excluding carboxylic acids is 2. The Morgan fingerprint density at radius 3 is 3.00 bits per heavy atom. The van der Waals surface area contributed by atoms with Crippen LogP contribution in [0.25, 0.3) is 0 Å². The highest BCUT2D eigenvalue weighted by atomic mass is 16.6. The molecule has 3 N–H and O–H groups in total. The van der Waals surface area contributed by atoms with Gasteiger partial charge in [0, 0.05) is 25.2 Å². The summed E-state index contributed by atoms with van der Waals surface area (Å²) < 4.78 is 4.79. The standard InChI is InChI=1S/C13H17N3O3/c14-9-10-2-1-3-11(8-10)15-12(17)4-5-16-6-7-19-13(16)18/h1-3,8H,4-7,9,14H2,(H,15,17). The molecule has 1 heterocycles. The number of nitrogens with zero attached hydrogens (tertiary/aromatic N) is 1. The Morgan fingerprint density at radius 2 is 2.32 bits per heavy atom. The van der Waals surface area contributed by atoms with E-state index in [1.54, 1.807) is 6.07 Å². The van der Waals surface area contributed by atoms with Gasteiger partial charge in [0.1, 0.15) is 6.61 Å². The number of anilines is 1. The monoisotopic (exact) mass is 263 g/mol. The highest BCUT2D eigenvalue weighted by Crippen LogP contribution is 2.11. The van der Waals surface area contributed by atoms with Crippen molar-refractivity contribution in [3.05, 3.63) is 29.8 Å². The third-order valence-corrected chi connectivity index (χ3v) is 2.90. The third-order valence-electron chi connectivity index (χ3n) is 2.90. The van der Waals surface area contributed by atoms with Gasteiger partial charge in [0.2, 0.25) is 5.91 Å². The van der Waals surface area contributed by atoms with Gasteiger partial charge >= 0.3 is 6.09 Å². The zero-order valence-electron chi connectivity index (χ0n) is 10.6. The Kier molecular flexibility index (Phi) is 4.35. The van der Waals surface area contributed by atoms with Crippen LogP contribution in [0.1, 0.15) is 12.0 Å². The number of amides is 2. The van der Waals surface area contributed by atoms with Gasteiger partial charge in [0.05, 0.1) is 6.54 Å². The van der Waals surface area contributed by atoms with Gasteiger partial charge in [0.25, 0.3) is 0 Å². The molecular formula is C13H17N3O3. The Morgan fingerprint density at radius 1 is 1.47 bits per heavy atom. The molecule has 1 saturated heterocycles. The average Bonchev–Trinajstić information content (AvgIpc) is 2.82. The van der Waals surface area contributed by atoms with Crippen molar-refractivity contribution < 1.29 is 14.3 Å². The van der Waals surface area contributed by atoms with Crippen LogP contribution in [-0.2, 0) is 16.1 Å². The number of benzene rings is 1. The van der Waals surface area contributed by atoms with Crippen LogP contribution in [0.3, 0.4) is 0 Å². The summed E-state index contributed by atoms with van der Waals surface area (Å²) in [6, 6.07) is 7.38. The van der Waals surface area contributed by atoms with Crippen LogP contribution >= 0.6 is 0 Å². The Hall–Kier alpha value is -2.08. The summed E-state index contributed by atoms with van der Waals surface area (Å²) in [5, 5.41) is 2.78. The molecule has 1 aromatic carbocycles. The molecule has 0 spiro atoms. The molecule has 6 heteroatoms. The molecule has 6 nitrogen and oxygen atoms in total. The van der Waals surface area contributed by atoms with E-state index in [0.717, 1.165) is 11.3 Å². The van der Waals surface area contributed by atoms with Crippen LogP contribution in [0, 0.1) is 0 Å². The second-order valence-corrected chi connectivity index (χ2v) is 4.30. The molecule has 0 aliphatic carbocycles. The number of hydrogen-bond acceptors (Lipinski definition) is 4. The molecule has 102 valence electrons. The van der Waals surface area contributed by atoms with Crippen LogP contribution < -0.4 is 11.1 Å². The number of cyclic esters (lactones) is 1. The maximum atomic E-state index is 11.8. The minimum Gasteiger partial charge on any atom is -0.448 e. The number of nitrogens with two attached hydrogens (primary N) is 1. The number of ether oxygens (including phenoxy) is 1. The van der Waals surface area contributed by atoms with E-state index >= 15 is 0 Å². The third kappa shape index (κ3) is 3.69. The number of carbonyl (C=O) groups is 2. The van der Waals surface area contributed by atoms with Gasteiger partial charge in [-0.25, -0.2) is 4.79 Å². The topological polar surface area (TPSA) is 84.7 Å². The van der Waals surface area contributed by atoms with Gasteiger partial charge in [-0.3, -0.25) is 4.79 Å². The first-order valence-electron chi connectivity index (χ1n) is 6.19.